The van der Waals surface area contributed by atoms with Crippen molar-refractivity contribution in [2.45, 2.75) is 19.0 Å². The zero-order chi connectivity index (χ0) is 26.7. The fraction of sp³-hybridized carbons (Fsp3) is 0.161. The Morgan fingerprint density at radius 2 is 1.39 bits per heavy atom. The van der Waals surface area contributed by atoms with E-state index in [4.69, 9.17) is 27.9 Å². The minimum Gasteiger partial charge on any atom is -0.482 e. The summed E-state index contributed by atoms with van der Waals surface area (Å²) in [6.07, 6.45) is 0.675. The van der Waals surface area contributed by atoms with Gasteiger partial charge in [0.05, 0.1) is 5.02 Å². The minimum absolute atomic E-state index is 0.188. The first kappa shape index (κ1) is 27.2. The number of carbonyl (C=O) groups is 2. The smallest absolute Gasteiger partial charge is 0.261 e. The van der Waals surface area contributed by atoms with Crippen LogP contribution in [0.1, 0.15) is 22.7 Å². The molecule has 0 aliphatic heterocycles. The Morgan fingerprint density at radius 1 is 0.763 bits per heavy atom. The van der Waals surface area contributed by atoms with E-state index in [0.717, 1.165) is 11.1 Å². The van der Waals surface area contributed by atoms with Crippen molar-refractivity contribution in [2.24, 2.45) is 0 Å². The van der Waals surface area contributed by atoms with E-state index in [1.54, 1.807) is 36.4 Å². The van der Waals surface area contributed by atoms with Crippen LogP contribution in [-0.4, -0.2) is 29.9 Å². The maximum atomic E-state index is 13.7. The number of nitrogens with zero attached hydrogens (tertiary/aromatic N) is 1. The van der Waals surface area contributed by atoms with Gasteiger partial charge in [-0.25, -0.2) is 0 Å². The molecule has 0 aliphatic carbocycles. The highest BCUT2D eigenvalue weighted by molar-refractivity contribution is 6.32. The zero-order valence-corrected chi connectivity index (χ0v) is 22.2. The number of carbonyl (C=O) groups excluding carboxylic acids is 2. The van der Waals surface area contributed by atoms with Crippen LogP contribution >= 0.6 is 23.2 Å². The quantitative estimate of drug-likeness (QED) is 0.233. The molecule has 0 saturated heterocycles. The Balaban J connectivity index is 1.59. The average Bonchev–Trinajstić information content (AvgIpc) is 2.94. The molecule has 1 unspecified atom stereocenters. The van der Waals surface area contributed by atoms with Crippen molar-refractivity contribution in [2.75, 3.05) is 13.2 Å². The van der Waals surface area contributed by atoms with Gasteiger partial charge in [-0.2, -0.15) is 0 Å². The molecule has 5 nitrogen and oxygen atoms in total. The summed E-state index contributed by atoms with van der Waals surface area (Å²) in [7, 11) is 0. The summed E-state index contributed by atoms with van der Waals surface area (Å²) in [5, 5.41) is 4.02. The van der Waals surface area contributed by atoms with Crippen molar-refractivity contribution < 1.29 is 14.3 Å². The molecule has 0 bridgehead atoms. The maximum Gasteiger partial charge on any atom is 0.261 e. The molecule has 38 heavy (non-hydrogen) atoms. The topological polar surface area (TPSA) is 58.6 Å². The molecule has 0 aliphatic rings. The van der Waals surface area contributed by atoms with Crippen molar-refractivity contribution in [3.05, 3.63) is 136 Å². The van der Waals surface area contributed by atoms with Crippen molar-refractivity contribution in [3.8, 4) is 5.75 Å². The molecule has 0 aromatic heterocycles. The van der Waals surface area contributed by atoms with E-state index in [-0.39, 0.29) is 25.0 Å². The molecule has 4 aromatic rings. The number of para-hydroxylation sites is 1. The Kier molecular flexibility index (Phi) is 9.79. The summed E-state index contributed by atoms with van der Waals surface area (Å²) >= 11 is 12.3. The Bertz CT molecular complexity index is 1330. The van der Waals surface area contributed by atoms with Gasteiger partial charge in [0.15, 0.2) is 6.61 Å². The third-order valence-corrected chi connectivity index (χ3v) is 6.57. The van der Waals surface area contributed by atoms with Crippen LogP contribution in [0.5, 0.6) is 5.75 Å². The molecule has 4 rings (SSSR count). The van der Waals surface area contributed by atoms with Crippen LogP contribution in [0.25, 0.3) is 0 Å². The number of halogens is 2. The largest absolute Gasteiger partial charge is 0.482 e. The number of hydrogen-bond donors (Lipinski definition) is 1. The normalized spacial score (nSPS) is 11.4. The first-order valence-corrected chi connectivity index (χ1v) is 13.0. The number of amides is 2. The molecule has 1 N–H and O–H groups in total. The summed E-state index contributed by atoms with van der Waals surface area (Å²) in [6, 6.07) is 32.5. The second-order valence-corrected chi connectivity index (χ2v) is 9.55. The highest BCUT2D eigenvalue weighted by atomic mass is 35.5. The van der Waals surface area contributed by atoms with Crippen LogP contribution in [0.4, 0.5) is 0 Å². The van der Waals surface area contributed by atoms with Gasteiger partial charge < -0.3 is 15.0 Å². The zero-order valence-electron chi connectivity index (χ0n) is 20.7. The number of nitrogens with one attached hydrogen (secondary N) is 1. The van der Waals surface area contributed by atoms with Crippen LogP contribution in [0.2, 0.25) is 10.0 Å². The predicted octanol–water partition coefficient (Wildman–Crippen LogP) is 6.50. The second-order valence-electron chi connectivity index (χ2n) is 8.71. The van der Waals surface area contributed by atoms with E-state index in [1.165, 1.54) is 4.90 Å². The molecule has 4 aromatic carbocycles. The van der Waals surface area contributed by atoms with Crippen LogP contribution < -0.4 is 10.1 Å². The lowest BCUT2D eigenvalue weighted by molar-refractivity contribution is -0.143. The fourth-order valence-electron chi connectivity index (χ4n) is 4.07. The van der Waals surface area contributed by atoms with Crippen LogP contribution in [0.15, 0.2) is 109 Å². The fourth-order valence-corrected chi connectivity index (χ4v) is 4.39. The third-order valence-electron chi connectivity index (χ3n) is 6.01. The van der Waals surface area contributed by atoms with E-state index in [2.05, 4.69) is 5.32 Å². The first-order valence-electron chi connectivity index (χ1n) is 12.3. The lowest BCUT2D eigenvalue weighted by atomic mass is 10.0. The highest BCUT2D eigenvalue weighted by Gasteiger charge is 2.31. The summed E-state index contributed by atoms with van der Waals surface area (Å²) in [5.74, 6) is -0.225. The van der Waals surface area contributed by atoms with E-state index < -0.39 is 6.04 Å². The molecule has 0 radical (unpaired) electrons. The molecule has 1 atom stereocenters. The van der Waals surface area contributed by atoms with Crippen molar-refractivity contribution in [1.82, 2.24) is 10.2 Å². The standard InChI is InChI=1S/C31H28Cl2N2O3/c32-26-17-15-24(16-18-26)21-35(29(36)22-38-28-14-8-7-13-27(28)33)30(25-11-5-2-6-12-25)31(37)34-20-19-23-9-3-1-4-10-23/h1-18,30H,19-22H2,(H,34,37). The lowest BCUT2D eigenvalue weighted by Crippen LogP contribution is -2.45. The number of benzene rings is 4. The number of rotatable bonds is 11. The summed E-state index contributed by atoms with van der Waals surface area (Å²) in [4.78, 5) is 28.9. The van der Waals surface area contributed by atoms with Gasteiger partial charge in [0, 0.05) is 18.1 Å². The van der Waals surface area contributed by atoms with Gasteiger partial charge in [-0.1, -0.05) is 108 Å². The Hall–Kier alpha value is -3.80. The molecule has 0 fully saturated rings. The monoisotopic (exact) mass is 546 g/mol. The summed E-state index contributed by atoms with van der Waals surface area (Å²) in [5.41, 5.74) is 2.65. The van der Waals surface area contributed by atoms with Gasteiger partial charge in [-0.3, -0.25) is 9.59 Å². The highest BCUT2D eigenvalue weighted by Crippen LogP contribution is 2.26. The van der Waals surface area contributed by atoms with Gasteiger partial charge in [0.1, 0.15) is 11.8 Å². The number of hydrogen-bond acceptors (Lipinski definition) is 3. The van der Waals surface area contributed by atoms with Crippen LogP contribution in [0.3, 0.4) is 0 Å². The average molecular weight is 547 g/mol. The van der Waals surface area contributed by atoms with Crippen LogP contribution in [-0.2, 0) is 22.6 Å². The Labute approximate surface area is 233 Å². The van der Waals surface area contributed by atoms with Gasteiger partial charge in [-0.15, -0.1) is 0 Å². The number of ether oxygens (including phenoxy) is 1. The Morgan fingerprint density at radius 3 is 2.08 bits per heavy atom. The predicted molar refractivity (Wildman–Crippen MR) is 151 cm³/mol. The molecule has 2 amide bonds. The summed E-state index contributed by atoms with van der Waals surface area (Å²) < 4.78 is 5.77. The third kappa shape index (κ3) is 7.60. The van der Waals surface area contributed by atoms with Gasteiger partial charge >= 0.3 is 0 Å². The molecular weight excluding hydrogens is 519 g/mol. The van der Waals surface area contributed by atoms with Gasteiger partial charge in [0.25, 0.3) is 5.91 Å². The van der Waals surface area contributed by atoms with Crippen LogP contribution in [0, 0.1) is 0 Å². The van der Waals surface area contributed by atoms with E-state index >= 15 is 0 Å². The van der Waals surface area contributed by atoms with Gasteiger partial charge in [-0.05, 0) is 47.4 Å². The van der Waals surface area contributed by atoms with E-state index in [9.17, 15) is 9.59 Å². The van der Waals surface area contributed by atoms with Crippen molar-refractivity contribution >= 4 is 35.0 Å². The van der Waals surface area contributed by atoms with Crippen molar-refractivity contribution in [1.29, 1.82) is 0 Å². The molecule has 194 valence electrons. The van der Waals surface area contributed by atoms with Crippen molar-refractivity contribution in [3.63, 3.8) is 0 Å². The maximum absolute atomic E-state index is 13.7. The van der Waals surface area contributed by atoms with E-state index in [0.29, 0.717) is 34.3 Å². The van der Waals surface area contributed by atoms with Gasteiger partial charge in [0.2, 0.25) is 5.91 Å². The molecular formula is C31H28Cl2N2O3. The molecule has 0 spiro atoms. The first-order chi connectivity index (χ1) is 18.5. The molecule has 7 heteroatoms. The molecule has 0 heterocycles. The SMILES string of the molecule is O=C(NCCc1ccccc1)C(c1ccccc1)N(Cc1ccc(Cl)cc1)C(=O)COc1ccccc1Cl. The lowest BCUT2D eigenvalue weighted by Gasteiger charge is -2.31. The van der Waals surface area contributed by atoms with E-state index in [1.807, 2.05) is 72.8 Å². The summed E-state index contributed by atoms with van der Waals surface area (Å²) in [6.45, 7) is 0.344. The second kappa shape index (κ2) is 13.7. The minimum atomic E-state index is -0.870. The molecule has 0 saturated carbocycles.